The average molecular weight is 737 g/mol. The lowest BCUT2D eigenvalue weighted by molar-refractivity contribution is -0.121. The number of fused-ring (bicyclic) bond motifs is 4. The summed E-state index contributed by atoms with van der Waals surface area (Å²) in [6, 6.07) is 25.6. The van der Waals surface area contributed by atoms with Crippen LogP contribution in [0.25, 0.3) is 27.6 Å². The fourth-order valence-corrected chi connectivity index (χ4v) is 8.02. The van der Waals surface area contributed by atoms with Gasteiger partial charge in [0.25, 0.3) is 17.7 Å². The van der Waals surface area contributed by atoms with E-state index in [2.05, 4.69) is 26.3 Å². The summed E-state index contributed by atoms with van der Waals surface area (Å²) in [4.78, 5) is 92.2. The zero-order valence-corrected chi connectivity index (χ0v) is 29.5. The van der Waals surface area contributed by atoms with Gasteiger partial charge in [0.15, 0.2) is 0 Å². The van der Waals surface area contributed by atoms with Gasteiger partial charge in [-0.15, -0.1) is 0 Å². The lowest BCUT2D eigenvalue weighted by Crippen LogP contribution is -2.40. The Balaban J connectivity index is 1.32. The lowest BCUT2D eigenvalue weighted by Gasteiger charge is -2.27. The molecule has 4 aromatic carbocycles. The summed E-state index contributed by atoms with van der Waals surface area (Å²) in [5.74, 6) is -3.34. The third-order valence-corrected chi connectivity index (χ3v) is 10.7. The second-order valence-electron chi connectivity index (χ2n) is 14.0. The largest absolute Gasteiger partial charge is 0.353 e. The molecule has 0 radical (unpaired) electrons. The number of benzene rings is 4. The Hall–Kier alpha value is -7.73. The van der Waals surface area contributed by atoms with E-state index in [1.165, 1.54) is 0 Å². The quantitative estimate of drug-likeness (QED) is 0.127. The molecule has 0 saturated carbocycles. The number of hydrogen-bond acceptors (Lipinski definition) is 7. The second-order valence-corrected chi connectivity index (χ2v) is 14.0. The van der Waals surface area contributed by atoms with Crippen molar-refractivity contribution in [2.24, 2.45) is 10.9 Å². The van der Waals surface area contributed by atoms with Crippen molar-refractivity contribution in [1.29, 1.82) is 0 Å². The maximum atomic E-state index is 14.2. The van der Waals surface area contributed by atoms with E-state index in [9.17, 15) is 28.8 Å². The molecule has 12 nitrogen and oxygen atoms in total. The van der Waals surface area contributed by atoms with E-state index in [-0.39, 0.29) is 50.2 Å². The van der Waals surface area contributed by atoms with E-state index in [1.807, 2.05) is 31.2 Å². The maximum Gasteiger partial charge on any atom is 0.261 e. The highest BCUT2D eigenvalue weighted by Crippen LogP contribution is 2.37. The number of amidine groups is 1. The number of aliphatic imine (C=N–C) groups is 1. The minimum atomic E-state index is -0.693. The molecular formula is C44H28N6O6. The molecule has 1 atom stereocenters. The van der Waals surface area contributed by atoms with Crippen LogP contribution in [0.2, 0.25) is 0 Å². The number of Topliss-reactive ketones (excluding diaryl/α,β-unsaturated/α-hetero) is 3. The molecule has 1 aliphatic carbocycles. The first-order valence-electron chi connectivity index (χ1n) is 17.9. The molecule has 1 aromatic heterocycles. The second kappa shape index (κ2) is 12.1. The first-order valence-corrected chi connectivity index (χ1v) is 17.9. The van der Waals surface area contributed by atoms with Crippen molar-refractivity contribution >= 4 is 85.6 Å². The third kappa shape index (κ3) is 4.82. The summed E-state index contributed by atoms with van der Waals surface area (Å²) in [7, 11) is 0. The fraction of sp³-hybridized carbons (Fsp3) is 0.0682. The highest BCUT2D eigenvalue weighted by atomic mass is 16.2. The van der Waals surface area contributed by atoms with Crippen LogP contribution in [0.5, 0.6) is 0 Å². The van der Waals surface area contributed by atoms with Gasteiger partial charge in [-0.1, -0.05) is 61.5 Å². The van der Waals surface area contributed by atoms with E-state index in [0.717, 1.165) is 0 Å². The molecule has 0 bridgehead atoms. The number of anilines is 2. The Kier molecular flexibility index (Phi) is 7.13. The number of rotatable bonds is 1. The van der Waals surface area contributed by atoms with E-state index in [0.29, 0.717) is 62.5 Å². The number of nitrogens with one attached hydrogen (secondary N) is 5. The van der Waals surface area contributed by atoms with Crippen molar-refractivity contribution in [1.82, 2.24) is 15.6 Å². The molecule has 10 rings (SSSR count). The number of ketones is 3. The maximum absolute atomic E-state index is 14.2. The van der Waals surface area contributed by atoms with Crippen LogP contribution in [-0.4, -0.2) is 45.9 Å². The molecule has 5 aromatic rings. The van der Waals surface area contributed by atoms with Gasteiger partial charge in [-0.2, -0.15) is 0 Å². The topological polar surface area (TPSA) is 179 Å². The molecule has 5 aliphatic rings. The van der Waals surface area contributed by atoms with E-state index >= 15 is 0 Å². The van der Waals surface area contributed by atoms with Crippen LogP contribution in [0.4, 0.5) is 17.1 Å². The van der Waals surface area contributed by atoms with Crippen LogP contribution in [0, 0.1) is 5.92 Å². The number of aromatic amines is 1. The van der Waals surface area contributed by atoms with Gasteiger partial charge in [0.2, 0.25) is 17.3 Å². The number of aromatic nitrogens is 1. The van der Waals surface area contributed by atoms with Crippen LogP contribution < -0.4 is 32.0 Å². The van der Waals surface area contributed by atoms with Gasteiger partial charge >= 0.3 is 0 Å². The Bertz CT molecular complexity index is 3020. The van der Waals surface area contributed by atoms with Crippen molar-refractivity contribution in [3.63, 3.8) is 0 Å². The van der Waals surface area contributed by atoms with E-state index in [4.69, 9.17) is 4.99 Å². The first kappa shape index (κ1) is 32.9. The smallest absolute Gasteiger partial charge is 0.261 e. The van der Waals surface area contributed by atoms with Crippen LogP contribution >= 0.6 is 0 Å². The molecule has 4 aliphatic heterocycles. The summed E-state index contributed by atoms with van der Waals surface area (Å²) in [6.45, 7) is 1.94. The van der Waals surface area contributed by atoms with Gasteiger partial charge in [0.1, 0.15) is 22.6 Å². The van der Waals surface area contributed by atoms with Crippen molar-refractivity contribution in [3.8, 4) is 0 Å². The number of allylic oxidation sites excluding steroid dienone is 4. The minimum Gasteiger partial charge on any atom is -0.353 e. The number of nitrogens with zero attached hydrogens (tertiary/aromatic N) is 1. The molecule has 270 valence electrons. The summed E-state index contributed by atoms with van der Waals surface area (Å²) in [6.07, 6.45) is 4.29. The molecule has 3 amide bonds. The number of carbonyl (C=O) groups is 6. The summed E-state index contributed by atoms with van der Waals surface area (Å²) in [5.41, 5.74) is 3.12. The Morgan fingerprint density at radius 3 is 1.75 bits per heavy atom. The van der Waals surface area contributed by atoms with Crippen LogP contribution in [0.1, 0.15) is 45.2 Å². The van der Waals surface area contributed by atoms with Crippen molar-refractivity contribution in [2.45, 2.75) is 13.3 Å². The molecule has 5 N–H and O–H groups in total. The van der Waals surface area contributed by atoms with Crippen LogP contribution in [0.15, 0.2) is 125 Å². The first-order chi connectivity index (χ1) is 27.2. The van der Waals surface area contributed by atoms with Gasteiger partial charge in [0, 0.05) is 50.2 Å². The Morgan fingerprint density at radius 1 is 0.571 bits per heavy atom. The predicted octanol–water partition coefficient (Wildman–Crippen LogP) is 4.08. The summed E-state index contributed by atoms with van der Waals surface area (Å²) in [5, 5.41) is 12.5. The third-order valence-electron chi connectivity index (χ3n) is 10.7. The predicted molar refractivity (Wildman–Crippen MR) is 209 cm³/mol. The number of carbonyl (C=O) groups excluding carboxylic acids is 6. The molecule has 0 spiro atoms. The van der Waals surface area contributed by atoms with Gasteiger partial charge < -0.3 is 26.3 Å². The van der Waals surface area contributed by atoms with E-state index < -0.39 is 35.1 Å². The van der Waals surface area contributed by atoms with Gasteiger partial charge in [-0.25, -0.2) is 4.99 Å². The summed E-state index contributed by atoms with van der Waals surface area (Å²) >= 11 is 0. The van der Waals surface area contributed by atoms with Crippen molar-refractivity contribution < 1.29 is 28.8 Å². The highest BCUT2D eigenvalue weighted by molar-refractivity contribution is 6.52. The number of hydrogen-bond donors (Lipinski definition) is 5. The minimum absolute atomic E-state index is 0.0491. The zero-order valence-electron chi connectivity index (χ0n) is 29.5. The van der Waals surface area contributed by atoms with Gasteiger partial charge in [0.05, 0.1) is 33.5 Å². The van der Waals surface area contributed by atoms with Crippen molar-refractivity contribution in [3.05, 3.63) is 153 Å². The monoisotopic (exact) mass is 736 g/mol. The van der Waals surface area contributed by atoms with Crippen LogP contribution in [0.3, 0.4) is 0 Å². The summed E-state index contributed by atoms with van der Waals surface area (Å²) < 4.78 is 0. The van der Waals surface area contributed by atoms with Gasteiger partial charge in [-0.05, 0) is 55.0 Å². The molecule has 0 saturated heterocycles. The molecule has 12 heteroatoms. The number of H-pyrrole nitrogens is 1. The zero-order chi connectivity index (χ0) is 38.4. The van der Waals surface area contributed by atoms with Gasteiger partial charge in [-0.3, -0.25) is 28.8 Å². The fourth-order valence-electron chi connectivity index (χ4n) is 8.02. The van der Waals surface area contributed by atoms with E-state index in [1.54, 1.807) is 78.9 Å². The van der Waals surface area contributed by atoms with Crippen molar-refractivity contribution in [2.75, 3.05) is 10.6 Å². The lowest BCUT2D eigenvalue weighted by atomic mass is 9.85. The molecule has 1 unspecified atom stereocenters. The number of para-hydroxylation sites is 3. The SMILES string of the molecule is CC1CC=CC2=C1NC(=O)/C(=C1/NC(=Nc3ccccc3)c3cc4/c(=C5\C(=O)Nc6ccccc6C5=O)[nH]/c(=C5/C(=O)Nc6ccccc6C5=O)c4cc31)C2=O. The Labute approximate surface area is 317 Å². The molecule has 56 heavy (non-hydrogen) atoms. The standard InChI is InChI=1S/C44H28N6O6/c1-20-10-9-15-24-34(20)50-44(56)33(40(24)53)37-27-18-25-26(19-28(27)41(49-37)45-21-11-3-2-4-12-21)36(32-39(52)23-14-6-8-17-30(23)47-43(32)55)48-35(25)31-38(51)22-13-5-7-16-29(22)46-42(31)54/h2-9,11-20,48H,10H2,1H3,(H,45,49)(H,46,54)(H,47,55)(H,50,56)/b35-31+,36-32+,37-33+. The van der Waals surface area contributed by atoms with Crippen LogP contribution in [-0.2, 0) is 19.2 Å². The number of amides is 3. The Morgan fingerprint density at radius 2 is 1.12 bits per heavy atom. The molecular weight excluding hydrogens is 709 g/mol. The highest BCUT2D eigenvalue weighted by Gasteiger charge is 2.39. The average Bonchev–Trinajstić information content (AvgIpc) is 3.72. The molecule has 0 fully saturated rings. The normalized spacial score (nSPS) is 22.7. The molecule has 5 heterocycles.